The van der Waals surface area contributed by atoms with E-state index >= 15 is 0 Å². The summed E-state index contributed by atoms with van der Waals surface area (Å²) in [5.41, 5.74) is 5.39. The molecule has 0 atom stereocenters. The number of nitriles is 1. The fraction of sp³-hybridized carbons (Fsp3) is 0.111. The number of carboxylic acid groups (broad SMARTS) is 1. The first-order valence-corrected chi connectivity index (χ1v) is 3.71. The maximum Gasteiger partial charge on any atom is 0.337 e. The topological polar surface area (TPSA) is 96.3 Å². The first-order valence-electron chi connectivity index (χ1n) is 3.71. The first-order chi connectivity index (χ1) is 6.60. The predicted molar refractivity (Wildman–Crippen MR) is 49.1 cm³/mol. The maximum atomic E-state index is 10.7. The summed E-state index contributed by atoms with van der Waals surface area (Å²) in [7, 11) is 1.40. The zero-order valence-electron chi connectivity index (χ0n) is 7.44. The third kappa shape index (κ3) is 1.59. The molecule has 72 valence electrons. The maximum absolute atomic E-state index is 10.7. The summed E-state index contributed by atoms with van der Waals surface area (Å²) in [6.45, 7) is 0. The summed E-state index contributed by atoms with van der Waals surface area (Å²) >= 11 is 0. The Bertz CT molecular complexity index is 421. The summed E-state index contributed by atoms with van der Waals surface area (Å²) in [6.07, 6.45) is 0. The van der Waals surface area contributed by atoms with Crippen LogP contribution in [0.1, 0.15) is 15.9 Å². The van der Waals surface area contributed by atoms with Crippen LogP contribution in [-0.2, 0) is 0 Å². The zero-order valence-corrected chi connectivity index (χ0v) is 7.44. The molecule has 0 saturated carbocycles. The SMILES string of the molecule is COc1cc(N)c(C#N)c(C(=O)O)c1. The number of nitrogen functional groups attached to an aromatic ring is 1. The van der Waals surface area contributed by atoms with Gasteiger partial charge in [-0.15, -0.1) is 0 Å². The van der Waals surface area contributed by atoms with Crippen LogP contribution in [0.15, 0.2) is 12.1 Å². The standard InChI is InChI=1S/C9H8N2O3/c1-14-5-2-6(9(12)13)7(4-10)8(11)3-5/h2-3H,11H2,1H3,(H,12,13). The number of aromatic carboxylic acids is 1. The lowest BCUT2D eigenvalue weighted by atomic mass is 10.1. The van der Waals surface area contributed by atoms with Crippen molar-refractivity contribution in [3.05, 3.63) is 23.3 Å². The van der Waals surface area contributed by atoms with Gasteiger partial charge in [0.05, 0.1) is 23.9 Å². The molecule has 0 saturated heterocycles. The van der Waals surface area contributed by atoms with Crippen molar-refractivity contribution in [1.82, 2.24) is 0 Å². The molecule has 0 bridgehead atoms. The number of ether oxygens (including phenoxy) is 1. The molecular weight excluding hydrogens is 184 g/mol. The van der Waals surface area contributed by atoms with E-state index in [-0.39, 0.29) is 16.8 Å². The molecule has 0 spiro atoms. The molecule has 0 heterocycles. The van der Waals surface area contributed by atoms with Gasteiger partial charge in [-0.25, -0.2) is 4.79 Å². The van der Waals surface area contributed by atoms with Gasteiger partial charge in [-0.1, -0.05) is 0 Å². The van der Waals surface area contributed by atoms with Gasteiger partial charge in [0, 0.05) is 6.07 Å². The quantitative estimate of drug-likeness (QED) is 0.677. The van der Waals surface area contributed by atoms with Gasteiger partial charge in [0.25, 0.3) is 0 Å². The molecule has 0 amide bonds. The second-order valence-electron chi connectivity index (χ2n) is 2.56. The lowest BCUT2D eigenvalue weighted by Crippen LogP contribution is -2.04. The predicted octanol–water partition coefficient (Wildman–Crippen LogP) is 0.847. The Morgan fingerprint density at radius 2 is 2.29 bits per heavy atom. The number of nitrogens with two attached hydrogens (primary N) is 1. The van der Waals surface area contributed by atoms with Gasteiger partial charge in [0.15, 0.2) is 0 Å². The molecule has 0 unspecified atom stereocenters. The molecule has 14 heavy (non-hydrogen) atoms. The molecule has 1 rings (SSSR count). The second-order valence-corrected chi connectivity index (χ2v) is 2.56. The van der Waals surface area contributed by atoms with Crippen LogP contribution in [-0.4, -0.2) is 18.2 Å². The Morgan fingerprint density at radius 1 is 1.64 bits per heavy atom. The lowest BCUT2D eigenvalue weighted by molar-refractivity contribution is 0.0696. The number of carbonyl (C=O) groups is 1. The number of benzene rings is 1. The molecular formula is C9H8N2O3. The number of anilines is 1. The third-order valence-electron chi connectivity index (χ3n) is 1.72. The van der Waals surface area contributed by atoms with E-state index in [0.29, 0.717) is 5.75 Å². The highest BCUT2D eigenvalue weighted by Gasteiger charge is 2.14. The van der Waals surface area contributed by atoms with Crippen LogP contribution < -0.4 is 10.5 Å². The molecule has 1 aromatic rings. The van der Waals surface area contributed by atoms with Crippen LogP contribution in [0.4, 0.5) is 5.69 Å². The Balaban J connectivity index is 3.45. The van der Waals surface area contributed by atoms with Gasteiger partial charge in [-0.3, -0.25) is 0 Å². The fourth-order valence-electron chi connectivity index (χ4n) is 1.05. The van der Waals surface area contributed by atoms with Gasteiger partial charge in [0.1, 0.15) is 11.8 Å². The van der Waals surface area contributed by atoms with Gasteiger partial charge in [-0.05, 0) is 6.07 Å². The van der Waals surface area contributed by atoms with E-state index in [1.807, 2.05) is 0 Å². The molecule has 1 aromatic carbocycles. The Labute approximate surface area is 80.3 Å². The van der Waals surface area contributed by atoms with Crippen LogP contribution in [0.2, 0.25) is 0 Å². The lowest BCUT2D eigenvalue weighted by Gasteiger charge is -2.05. The van der Waals surface area contributed by atoms with E-state index in [1.54, 1.807) is 6.07 Å². The van der Waals surface area contributed by atoms with E-state index in [2.05, 4.69) is 0 Å². The highest BCUT2D eigenvalue weighted by atomic mass is 16.5. The van der Waals surface area contributed by atoms with Crippen LogP contribution in [0.25, 0.3) is 0 Å². The molecule has 0 aliphatic heterocycles. The molecule has 5 nitrogen and oxygen atoms in total. The molecule has 0 fully saturated rings. The van der Waals surface area contributed by atoms with Crippen molar-refractivity contribution in [3.8, 4) is 11.8 Å². The fourth-order valence-corrected chi connectivity index (χ4v) is 1.05. The van der Waals surface area contributed by atoms with Crippen molar-refractivity contribution in [1.29, 1.82) is 5.26 Å². The highest BCUT2D eigenvalue weighted by Crippen LogP contribution is 2.23. The minimum Gasteiger partial charge on any atom is -0.497 e. The van der Waals surface area contributed by atoms with Crippen molar-refractivity contribution in [2.24, 2.45) is 0 Å². The van der Waals surface area contributed by atoms with Crippen molar-refractivity contribution in [2.45, 2.75) is 0 Å². The smallest absolute Gasteiger partial charge is 0.337 e. The van der Waals surface area contributed by atoms with E-state index in [4.69, 9.17) is 20.8 Å². The van der Waals surface area contributed by atoms with Crippen LogP contribution in [0.5, 0.6) is 5.75 Å². The summed E-state index contributed by atoms with van der Waals surface area (Å²) in [6, 6.07) is 4.40. The van der Waals surface area contributed by atoms with Crippen LogP contribution >= 0.6 is 0 Å². The van der Waals surface area contributed by atoms with Gasteiger partial charge < -0.3 is 15.6 Å². The Kier molecular flexibility index (Phi) is 2.58. The average Bonchev–Trinajstić information content (AvgIpc) is 2.16. The highest BCUT2D eigenvalue weighted by molar-refractivity contribution is 5.93. The van der Waals surface area contributed by atoms with Crippen molar-refractivity contribution in [2.75, 3.05) is 12.8 Å². The van der Waals surface area contributed by atoms with Gasteiger partial charge in [-0.2, -0.15) is 5.26 Å². The van der Waals surface area contributed by atoms with Gasteiger partial charge >= 0.3 is 5.97 Å². The van der Waals surface area contributed by atoms with Crippen molar-refractivity contribution >= 4 is 11.7 Å². The summed E-state index contributed by atoms with van der Waals surface area (Å²) in [4.78, 5) is 10.7. The number of carboxylic acids is 1. The molecule has 0 aromatic heterocycles. The van der Waals surface area contributed by atoms with E-state index < -0.39 is 5.97 Å². The van der Waals surface area contributed by atoms with Gasteiger partial charge in [0.2, 0.25) is 0 Å². The third-order valence-corrected chi connectivity index (χ3v) is 1.72. The number of hydrogen-bond acceptors (Lipinski definition) is 4. The second kappa shape index (κ2) is 3.66. The first kappa shape index (κ1) is 9.86. The van der Waals surface area contributed by atoms with Crippen molar-refractivity contribution < 1.29 is 14.6 Å². The largest absolute Gasteiger partial charge is 0.497 e. The number of methoxy groups -OCH3 is 1. The molecule has 0 radical (unpaired) electrons. The normalized spacial score (nSPS) is 9.14. The number of hydrogen-bond donors (Lipinski definition) is 2. The molecule has 3 N–H and O–H groups in total. The zero-order chi connectivity index (χ0) is 10.7. The van der Waals surface area contributed by atoms with E-state index in [0.717, 1.165) is 0 Å². The summed E-state index contributed by atoms with van der Waals surface area (Å²) in [5.74, 6) is -0.883. The number of rotatable bonds is 2. The van der Waals surface area contributed by atoms with E-state index in [1.165, 1.54) is 19.2 Å². The van der Waals surface area contributed by atoms with Crippen molar-refractivity contribution in [3.63, 3.8) is 0 Å². The van der Waals surface area contributed by atoms with Crippen LogP contribution in [0.3, 0.4) is 0 Å². The monoisotopic (exact) mass is 192 g/mol. The van der Waals surface area contributed by atoms with Crippen LogP contribution in [0, 0.1) is 11.3 Å². The molecule has 0 aliphatic carbocycles. The summed E-state index contributed by atoms with van der Waals surface area (Å²) < 4.78 is 4.83. The van der Waals surface area contributed by atoms with E-state index in [9.17, 15) is 4.79 Å². The molecule has 5 heteroatoms. The number of nitrogens with zero attached hydrogens (tertiary/aromatic N) is 1. The minimum atomic E-state index is -1.20. The Hall–Kier alpha value is -2.22. The molecule has 0 aliphatic rings. The average molecular weight is 192 g/mol. The minimum absolute atomic E-state index is 0.0432. The summed E-state index contributed by atoms with van der Waals surface area (Å²) in [5, 5.41) is 17.5. The Morgan fingerprint density at radius 3 is 2.71 bits per heavy atom.